The molecule has 2 nitrogen and oxygen atoms in total. The van der Waals surface area contributed by atoms with Gasteiger partial charge < -0.3 is 5.32 Å². The van der Waals surface area contributed by atoms with Gasteiger partial charge in [-0.05, 0) is 13.3 Å². The molecule has 0 spiro atoms. The molecule has 0 atom stereocenters. The van der Waals surface area contributed by atoms with Crippen LogP contribution >= 0.6 is 0 Å². The molecule has 13 heavy (non-hydrogen) atoms. The Morgan fingerprint density at radius 1 is 1.31 bits per heavy atom. The zero-order valence-corrected chi connectivity index (χ0v) is 8.29. The number of hydrogen-bond acceptors (Lipinski definition) is 1. The summed E-state index contributed by atoms with van der Waals surface area (Å²) in [7, 11) is 0. The van der Waals surface area contributed by atoms with Gasteiger partial charge in [0.2, 0.25) is 6.41 Å². The van der Waals surface area contributed by atoms with Gasteiger partial charge in [0.25, 0.3) is 0 Å². The summed E-state index contributed by atoms with van der Waals surface area (Å²) in [6, 6.07) is 10.3. The first-order valence-electron chi connectivity index (χ1n) is 4.50. The minimum absolute atomic E-state index is 0.712. The van der Waals surface area contributed by atoms with Gasteiger partial charge >= 0.3 is 0 Å². The Balaban J connectivity index is 0.000000226. The molecule has 1 aromatic rings. The van der Waals surface area contributed by atoms with Crippen molar-refractivity contribution < 1.29 is 4.79 Å². The highest BCUT2D eigenvalue weighted by atomic mass is 16.1. The van der Waals surface area contributed by atoms with Crippen LogP contribution in [0.1, 0.15) is 18.9 Å². The summed E-state index contributed by atoms with van der Waals surface area (Å²) in [5, 5.41) is 2.52. The van der Waals surface area contributed by atoms with E-state index in [2.05, 4.69) is 24.4 Å². The molecule has 0 unspecified atom stereocenters. The minimum Gasteiger partial charge on any atom is -0.359 e. The summed E-state index contributed by atoms with van der Waals surface area (Å²) in [5.41, 5.74) is 1.32. The largest absolute Gasteiger partial charge is 0.359 e. The van der Waals surface area contributed by atoms with Crippen molar-refractivity contribution in [1.82, 2.24) is 5.32 Å². The molecule has 0 fully saturated rings. The average molecular weight is 179 g/mol. The molecular weight excluding hydrogens is 162 g/mol. The predicted octanol–water partition coefficient (Wildman–Crippen LogP) is 2.14. The summed E-state index contributed by atoms with van der Waals surface area (Å²) in [6.45, 7) is 4.89. The lowest BCUT2D eigenvalue weighted by atomic mass is 10.2. The van der Waals surface area contributed by atoms with Gasteiger partial charge in [0.15, 0.2) is 0 Å². The Bertz CT molecular complexity index is 209. The van der Waals surface area contributed by atoms with Crippen molar-refractivity contribution in [2.24, 2.45) is 0 Å². The molecule has 0 aliphatic rings. The van der Waals surface area contributed by atoms with E-state index in [0.717, 1.165) is 13.0 Å². The van der Waals surface area contributed by atoms with E-state index >= 15 is 0 Å². The molecule has 1 aromatic carbocycles. The van der Waals surface area contributed by atoms with E-state index in [1.807, 2.05) is 25.1 Å². The van der Waals surface area contributed by atoms with Crippen molar-refractivity contribution in [3.8, 4) is 0 Å². The third-order valence-electron chi connectivity index (χ3n) is 1.42. The van der Waals surface area contributed by atoms with E-state index in [0.29, 0.717) is 6.41 Å². The fraction of sp³-hybridized carbons (Fsp3) is 0.364. The number of hydrogen-bond donors (Lipinski definition) is 1. The number of benzene rings is 1. The normalized spacial score (nSPS) is 8.15. The van der Waals surface area contributed by atoms with Gasteiger partial charge in [0.05, 0.1) is 0 Å². The molecule has 1 rings (SSSR count). The first kappa shape index (κ1) is 11.7. The lowest BCUT2D eigenvalue weighted by Gasteiger charge is -1.86. The van der Waals surface area contributed by atoms with E-state index in [-0.39, 0.29) is 0 Å². The quantitative estimate of drug-likeness (QED) is 0.559. The Kier molecular flexibility index (Phi) is 7.90. The second-order valence-corrected chi connectivity index (χ2v) is 2.73. The summed E-state index contributed by atoms with van der Waals surface area (Å²) in [5.74, 6) is 0. The topological polar surface area (TPSA) is 29.1 Å². The molecule has 72 valence electrons. The van der Waals surface area contributed by atoms with Crippen molar-refractivity contribution in [2.75, 3.05) is 6.54 Å². The van der Waals surface area contributed by atoms with E-state index in [4.69, 9.17) is 0 Å². The number of carbonyl (C=O) groups excluding carboxylic acids is 1. The Morgan fingerprint density at radius 2 is 1.92 bits per heavy atom. The van der Waals surface area contributed by atoms with Crippen LogP contribution in [0.3, 0.4) is 0 Å². The molecule has 0 heterocycles. The molecular formula is C11H17NO. The van der Waals surface area contributed by atoms with Crippen LogP contribution in [-0.4, -0.2) is 13.0 Å². The van der Waals surface area contributed by atoms with Crippen LogP contribution in [0.15, 0.2) is 30.3 Å². The molecule has 0 saturated heterocycles. The highest BCUT2D eigenvalue weighted by Gasteiger charge is 1.72. The maximum atomic E-state index is 9.45. The van der Waals surface area contributed by atoms with Crippen molar-refractivity contribution in [2.45, 2.75) is 20.3 Å². The molecule has 0 aliphatic heterocycles. The Hall–Kier alpha value is -1.31. The first-order chi connectivity index (χ1) is 6.31. The van der Waals surface area contributed by atoms with Crippen LogP contribution in [0.4, 0.5) is 0 Å². The van der Waals surface area contributed by atoms with Gasteiger partial charge in [-0.25, -0.2) is 0 Å². The van der Waals surface area contributed by atoms with Gasteiger partial charge in [-0.2, -0.15) is 0 Å². The van der Waals surface area contributed by atoms with Crippen molar-refractivity contribution in [1.29, 1.82) is 0 Å². The minimum atomic E-state index is 0.712. The number of amides is 1. The highest BCUT2D eigenvalue weighted by molar-refractivity contribution is 5.45. The van der Waals surface area contributed by atoms with E-state index < -0.39 is 0 Å². The van der Waals surface area contributed by atoms with Gasteiger partial charge in [-0.15, -0.1) is 0 Å². The third-order valence-corrected chi connectivity index (χ3v) is 1.42. The van der Waals surface area contributed by atoms with Crippen LogP contribution in [-0.2, 0) is 4.79 Å². The molecule has 1 amide bonds. The Labute approximate surface area is 80.0 Å². The fourth-order valence-corrected chi connectivity index (χ4v) is 0.738. The van der Waals surface area contributed by atoms with Gasteiger partial charge in [-0.1, -0.05) is 42.8 Å². The first-order valence-corrected chi connectivity index (χ1v) is 4.50. The zero-order chi connectivity index (χ0) is 9.94. The second-order valence-electron chi connectivity index (χ2n) is 2.73. The van der Waals surface area contributed by atoms with Gasteiger partial charge in [0.1, 0.15) is 0 Å². The monoisotopic (exact) mass is 179 g/mol. The molecule has 1 N–H and O–H groups in total. The maximum Gasteiger partial charge on any atom is 0.207 e. The molecule has 0 aliphatic carbocycles. The van der Waals surface area contributed by atoms with Gasteiger partial charge in [0, 0.05) is 6.54 Å². The van der Waals surface area contributed by atoms with Crippen LogP contribution < -0.4 is 5.32 Å². The third kappa shape index (κ3) is 8.60. The lowest BCUT2D eigenvalue weighted by Crippen LogP contribution is -2.10. The Morgan fingerprint density at radius 3 is 2.15 bits per heavy atom. The van der Waals surface area contributed by atoms with Crippen LogP contribution in [0.5, 0.6) is 0 Å². The van der Waals surface area contributed by atoms with Crippen molar-refractivity contribution in [3.05, 3.63) is 35.9 Å². The van der Waals surface area contributed by atoms with Crippen molar-refractivity contribution >= 4 is 6.41 Å². The van der Waals surface area contributed by atoms with Crippen LogP contribution in [0.25, 0.3) is 0 Å². The molecule has 2 heteroatoms. The maximum absolute atomic E-state index is 9.45. The number of nitrogens with one attached hydrogen (secondary N) is 1. The van der Waals surface area contributed by atoms with E-state index in [1.165, 1.54) is 5.56 Å². The fourth-order valence-electron chi connectivity index (χ4n) is 0.738. The summed E-state index contributed by atoms with van der Waals surface area (Å²) in [4.78, 5) is 9.45. The number of rotatable bonds is 3. The van der Waals surface area contributed by atoms with Crippen molar-refractivity contribution in [3.63, 3.8) is 0 Å². The SMILES string of the molecule is CCCNC=O.Cc1ccccc1. The van der Waals surface area contributed by atoms with Gasteiger partial charge in [-0.3, -0.25) is 4.79 Å². The highest BCUT2D eigenvalue weighted by Crippen LogP contribution is 1.92. The standard InChI is InChI=1S/C7H8.C4H9NO/c1-7-5-3-2-4-6-7;1-2-3-5-4-6/h2-6H,1H3;4H,2-3H2,1H3,(H,5,6). The lowest BCUT2D eigenvalue weighted by molar-refractivity contribution is -0.109. The summed E-state index contributed by atoms with van der Waals surface area (Å²) >= 11 is 0. The molecule has 0 bridgehead atoms. The molecule has 0 radical (unpaired) electrons. The zero-order valence-electron chi connectivity index (χ0n) is 8.29. The predicted molar refractivity (Wildman–Crippen MR) is 55.5 cm³/mol. The van der Waals surface area contributed by atoms with Crippen LogP contribution in [0.2, 0.25) is 0 Å². The van der Waals surface area contributed by atoms with Crippen LogP contribution in [0, 0.1) is 6.92 Å². The molecule has 0 saturated carbocycles. The van der Waals surface area contributed by atoms with E-state index in [1.54, 1.807) is 0 Å². The number of aryl methyl sites for hydroxylation is 1. The van der Waals surface area contributed by atoms with E-state index in [9.17, 15) is 4.79 Å². The summed E-state index contributed by atoms with van der Waals surface area (Å²) < 4.78 is 0. The molecule has 0 aromatic heterocycles. The smallest absolute Gasteiger partial charge is 0.207 e. The average Bonchev–Trinajstić information content (AvgIpc) is 2.17. The number of carbonyl (C=O) groups is 1. The summed E-state index contributed by atoms with van der Waals surface area (Å²) in [6.07, 6.45) is 1.72. The second kappa shape index (κ2) is 8.78.